The number of carbonyl (C=O) groups is 1. The number of halogens is 3. The molecule has 0 aliphatic rings. The second-order valence-corrected chi connectivity index (χ2v) is 3.60. The topological polar surface area (TPSA) is 73.8 Å². The van der Waals surface area contributed by atoms with Crippen molar-refractivity contribution in [2.24, 2.45) is 12.8 Å². The van der Waals surface area contributed by atoms with E-state index in [-0.39, 0.29) is 5.82 Å². The summed E-state index contributed by atoms with van der Waals surface area (Å²) in [7, 11) is 1.48. The van der Waals surface area contributed by atoms with Crippen molar-refractivity contribution >= 4 is 5.78 Å². The zero-order valence-electron chi connectivity index (χ0n) is 8.75. The molecule has 0 amide bonds. The zero-order valence-corrected chi connectivity index (χ0v) is 8.75. The molecular formula is C8H11F3N4O. The van der Waals surface area contributed by atoms with Crippen LogP contribution < -0.4 is 5.73 Å². The Morgan fingerprint density at radius 1 is 1.56 bits per heavy atom. The molecular weight excluding hydrogens is 225 g/mol. The molecule has 0 radical (unpaired) electrons. The van der Waals surface area contributed by atoms with Gasteiger partial charge in [0.2, 0.25) is 0 Å². The van der Waals surface area contributed by atoms with Crippen LogP contribution in [0, 0.1) is 0 Å². The van der Waals surface area contributed by atoms with Crippen LogP contribution in [-0.4, -0.2) is 32.3 Å². The van der Waals surface area contributed by atoms with Crippen LogP contribution in [0.25, 0.3) is 0 Å². The van der Waals surface area contributed by atoms with Gasteiger partial charge in [-0.05, 0) is 6.92 Å². The standard InChI is InChI=1S/C8H11F3N4O/c1-7(12,8(9,10)11)5(16)3-6-13-4-14-15(6)2/h4H,3,12H2,1-2H3. The van der Waals surface area contributed by atoms with E-state index < -0.39 is 23.9 Å². The van der Waals surface area contributed by atoms with E-state index in [0.717, 1.165) is 6.33 Å². The molecule has 1 heterocycles. The number of rotatable bonds is 3. The van der Waals surface area contributed by atoms with E-state index in [1.165, 1.54) is 11.7 Å². The molecule has 1 unspecified atom stereocenters. The average molecular weight is 236 g/mol. The summed E-state index contributed by atoms with van der Waals surface area (Å²) < 4.78 is 38.5. The lowest BCUT2D eigenvalue weighted by molar-refractivity contribution is -0.185. The van der Waals surface area contributed by atoms with Gasteiger partial charge < -0.3 is 5.73 Å². The first-order valence-corrected chi connectivity index (χ1v) is 4.38. The summed E-state index contributed by atoms with van der Waals surface area (Å²) in [6.45, 7) is 0.645. The number of ketones is 1. The maximum absolute atomic E-state index is 12.4. The lowest BCUT2D eigenvalue weighted by Crippen LogP contribution is -2.57. The normalized spacial score (nSPS) is 15.9. The Labute approximate surface area is 89.4 Å². The van der Waals surface area contributed by atoms with Crippen LogP contribution in [0.15, 0.2) is 6.33 Å². The predicted octanol–water partition coefficient (Wildman–Crippen LogP) is 0.206. The fraction of sp³-hybridized carbons (Fsp3) is 0.625. The number of nitrogens with zero attached hydrogens (tertiary/aromatic N) is 3. The lowest BCUT2D eigenvalue weighted by Gasteiger charge is -2.25. The van der Waals surface area contributed by atoms with Gasteiger partial charge in [-0.15, -0.1) is 0 Å². The van der Waals surface area contributed by atoms with Crippen LogP contribution in [0.1, 0.15) is 12.7 Å². The summed E-state index contributed by atoms with van der Waals surface area (Å²) in [5.41, 5.74) is 2.11. The summed E-state index contributed by atoms with van der Waals surface area (Å²) in [6.07, 6.45) is -4.12. The average Bonchev–Trinajstić information content (AvgIpc) is 2.49. The Hall–Kier alpha value is -1.44. The highest BCUT2D eigenvalue weighted by Crippen LogP contribution is 2.29. The Kier molecular flexibility index (Phi) is 3.04. The number of Topliss-reactive ketones (excluding diaryl/α,β-unsaturated/α-hetero) is 1. The molecule has 1 aromatic heterocycles. The van der Waals surface area contributed by atoms with Crippen LogP contribution in [0.4, 0.5) is 13.2 Å². The van der Waals surface area contributed by atoms with Crippen molar-refractivity contribution in [3.05, 3.63) is 12.2 Å². The quantitative estimate of drug-likeness (QED) is 0.813. The maximum atomic E-state index is 12.4. The predicted molar refractivity (Wildman–Crippen MR) is 48.4 cm³/mol. The molecule has 0 aromatic carbocycles. The van der Waals surface area contributed by atoms with Crippen LogP contribution >= 0.6 is 0 Å². The number of aromatic nitrogens is 3. The maximum Gasteiger partial charge on any atom is 0.413 e. The van der Waals surface area contributed by atoms with Gasteiger partial charge in [0.1, 0.15) is 12.2 Å². The highest BCUT2D eigenvalue weighted by atomic mass is 19.4. The van der Waals surface area contributed by atoms with Crippen LogP contribution in [0.2, 0.25) is 0 Å². The summed E-state index contributed by atoms with van der Waals surface area (Å²) >= 11 is 0. The summed E-state index contributed by atoms with van der Waals surface area (Å²) in [5, 5.41) is 3.65. The highest BCUT2D eigenvalue weighted by Gasteiger charge is 2.53. The third-order valence-electron chi connectivity index (χ3n) is 2.29. The van der Waals surface area contributed by atoms with Crippen molar-refractivity contribution in [1.29, 1.82) is 0 Å². The molecule has 90 valence electrons. The second kappa shape index (κ2) is 3.85. The molecule has 2 N–H and O–H groups in total. The van der Waals surface area contributed by atoms with E-state index in [0.29, 0.717) is 6.92 Å². The highest BCUT2D eigenvalue weighted by molar-refractivity contribution is 5.90. The van der Waals surface area contributed by atoms with Gasteiger partial charge in [-0.2, -0.15) is 18.3 Å². The van der Waals surface area contributed by atoms with Gasteiger partial charge in [0.05, 0.1) is 6.42 Å². The Morgan fingerprint density at radius 2 is 2.12 bits per heavy atom. The van der Waals surface area contributed by atoms with E-state index in [2.05, 4.69) is 10.1 Å². The minimum absolute atomic E-state index is 0.144. The molecule has 1 rings (SSSR count). The Bertz CT molecular complexity index is 396. The molecule has 5 nitrogen and oxygen atoms in total. The molecule has 0 saturated heterocycles. The zero-order chi connectivity index (χ0) is 12.6. The van der Waals surface area contributed by atoms with Gasteiger partial charge in [0, 0.05) is 7.05 Å². The minimum atomic E-state index is -4.78. The van der Waals surface area contributed by atoms with Gasteiger partial charge in [0.15, 0.2) is 11.3 Å². The van der Waals surface area contributed by atoms with Crippen LogP contribution in [0.5, 0.6) is 0 Å². The van der Waals surface area contributed by atoms with Gasteiger partial charge in [-0.1, -0.05) is 0 Å². The third-order valence-corrected chi connectivity index (χ3v) is 2.29. The van der Waals surface area contributed by atoms with Crippen LogP contribution in [-0.2, 0) is 18.3 Å². The monoisotopic (exact) mass is 236 g/mol. The molecule has 16 heavy (non-hydrogen) atoms. The number of aryl methyl sites for hydroxylation is 1. The molecule has 0 bridgehead atoms. The molecule has 0 spiro atoms. The molecule has 8 heteroatoms. The molecule has 0 saturated carbocycles. The SMILES string of the molecule is Cn1ncnc1CC(=O)C(C)(N)C(F)(F)F. The minimum Gasteiger partial charge on any atom is -0.312 e. The van der Waals surface area contributed by atoms with E-state index >= 15 is 0 Å². The molecule has 0 aliphatic heterocycles. The first-order valence-electron chi connectivity index (χ1n) is 4.38. The van der Waals surface area contributed by atoms with E-state index in [9.17, 15) is 18.0 Å². The van der Waals surface area contributed by atoms with Crippen molar-refractivity contribution in [3.63, 3.8) is 0 Å². The van der Waals surface area contributed by atoms with Crippen molar-refractivity contribution < 1.29 is 18.0 Å². The Morgan fingerprint density at radius 3 is 2.50 bits per heavy atom. The summed E-state index contributed by atoms with van der Waals surface area (Å²) in [5.74, 6) is -0.998. The van der Waals surface area contributed by atoms with E-state index in [1.807, 2.05) is 0 Å². The summed E-state index contributed by atoms with van der Waals surface area (Å²) in [4.78, 5) is 15.1. The lowest BCUT2D eigenvalue weighted by atomic mass is 9.94. The smallest absolute Gasteiger partial charge is 0.312 e. The van der Waals surface area contributed by atoms with Crippen molar-refractivity contribution in [3.8, 4) is 0 Å². The largest absolute Gasteiger partial charge is 0.413 e. The van der Waals surface area contributed by atoms with Crippen LogP contribution in [0.3, 0.4) is 0 Å². The fourth-order valence-electron chi connectivity index (χ4n) is 0.965. The number of carbonyl (C=O) groups excluding carboxylic acids is 1. The molecule has 1 aromatic rings. The van der Waals surface area contributed by atoms with E-state index in [4.69, 9.17) is 5.73 Å². The Balaban J connectivity index is 2.85. The first kappa shape index (κ1) is 12.6. The fourth-order valence-corrected chi connectivity index (χ4v) is 0.965. The number of hydrogen-bond donors (Lipinski definition) is 1. The van der Waals surface area contributed by atoms with Crippen molar-refractivity contribution in [2.45, 2.75) is 25.1 Å². The van der Waals surface area contributed by atoms with Crippen molar-refractivity contribution in [1.82, 2.24) is 14.8 Å². The second-order valence-electron chi connectivity index (χ2n) is 3.60. The van der Waals surface area contributed by atoms with Crippen molar-refractivity contribution in [2.75, 3.05) is 0 Å². The van der Waals surface area contributed by atoms with E-state index in [1.54, 1.807) is 0 Å². The number of nitrogens with two attached hydrogens (primary N) is 1. The van der Waals surface area contributed by atoms with Gasteiger partial charge >= 0.3 is 6.18 Å². The third kappa shape index (κ3) is 2.21. The molecule has 0 fully saturated rings. The molecule has 0 aliphatic carbocycles. The number of hydrogen-bond acceptors (Lipinski definition) is 4. The van der Waals surface area contributed by atoms with Gasteiger partial charge in [-0.3, -0.25) is 9.48 Å². The van der Waals surface area contributed by atoms with Gasteiger partial charge in [0.25, 0.3) is 0 Å². The number of alkyl halides is 3. The molecule has 1 atom stereocenters. The van der Waals surface area contributed by atoms with Gasteiger partial charge in [-0.25, -0.2) is 4.98 Å². The first-order chi connectivity index (χ1) is 7.16. The summed E-state index contributed by atoms with van der Waals surface area (Å²) in [6, 6.07) is 0.